The molecule has 16 rings (SSSR count). The number of aromatic nitrogens is 2. The van der Waals surface area contributed by atoms with Gasteiger partial charge in [-0.05, 0) is 213 Å². The van der Waals surface area contributed by atoms with E-state index < -0.39 is 0 Å². The summed E-state index contributed by atoms with van der Waals surface area (Å²) >= 11 is 0. The Bertz CT molecular complexity index is 4150. The molecular weight excluding hydrogens is 985 g/mol. The van der Waals surface area contributed by atoms with Crippen LogP contribution in [0.1, 0.15) is 76.6 Å². The molecule has 4 aliphatic carbocycles. The van der Waals surface area contributed by atoms with Crippen molar-refractivity contribution in [2.75, 3.05) is 16.5 Å². The van der Waals surface area contributed by atoms with E-state index in [4.69, 9.17) is 9.72 Å². The first-order chi connectivity index (χ1) is 39.6. The monoisotopic (exact) mass is 1050 g/mol. The molecule has 3 heterocycles. The largest absolute Gasteiger partial charge is 0.457 e. The third kappa shape index (κ3) is 8.05. The Morgan fingerprint density at radius 2 is 1.06 bits per heavy atom. The van der Waals surface area contributed by atoms with Crippen molar-refractivity contribution in [2.24, 2.45) is 23.7 Å². The average Bonchev–Trinajstić information content (AvgIpc) is 3.99. The second kappa shape index (κ2) is 19.3. The highest BCUT2D eigenvalue weighted by Gasteiger charge is 2.59. The predicted octanol–water partition coefficient (Wildman–Crippen LogP) is 19.8. The molecule has 398 valence electrons. The summed E-state index contributed by atoms with van der Waals surface area (Å²) in [4.78, 5) is 10.3. The summed E-state index contributed by atoms with van der Waals surface area (Å²) in [7, 11) is 0. The number of ether oxygens (including phenoxy) is 1. The fourth-order valence-corrected chi connectivity index (χ4v) is 16.2. The van der Waals surface area contributed by atoms with E-state index in [-0.39, 0.29) is 5.41 Å². The van der Waals surface area contributed by atoms with E-state index in [0.717, 1.165) is 62.8 Å². The summed E-state index contributed by atoms with van der Waals surface area (Å²) in [6.07, 6.45) is 8.80. The molecule has 2 aromatic heterocycles. The summed E-state index contributed by atoms with van der Waals surface area (Å²) in [5.74, 6) is 5.45. The highest BCUT2D eigenvalue weighted by molar-refractivity contribution is 6.09. The van der Waals surface area contributed by atoms with Crippen LogP contribution in [-0.4, -0.2) is 16.2 Å². The van der Waals surface area contributed by atoms with Crippen LogP contribution in [0.5, 0.6) is 11.5 Å². The first kappa shape index (κ1) is 49.4. The van der Waals surface area contributed by atoms with Crippen molar-refractivity contribution in [1.82, 2.24) is 9.55 Å². The van der Waals surface area contributed by atoms with Crippen LogP contribution in [0.3, 0.4) is 0 Å². The minimum absolute atomic E-state index is 0.0550. The van der Waals surface area contributed by atoms with E-state index in [1.807, 2.05) is 0 Å². The van der Waals surface area contributed by atoms with Gasteiger partial charge in [-0.2, -0.15) is 0 Å². The van der Waals surface area contributed by atoms with Crippen LogP contribution < -0.4 is 14.5 Å². The molecular formula is C76H68N4O. The Labute approximate surface area is 477 Å². The molecule has 11 aromatic rings. The van der Waals surface area contributed by atoms with Crippen molar-refractivity contribution >= 4 is 44.6 Å². The lowest BCUT2D eigenvalue weighted by molar-refractivity contribution is -0.0419. The zero-order valence-corrected chi connectivity index (χ0v) is 47.4. The van der Waals surface area contributed by atoms with E-state index >= 15 is 0 Å². The molecule has 4 saturated carbocycles. The summed E-state index contributed by atoms with van der Waals surface area (Å²) in [5.41, 5.74) is 24.7. The molecule has 4 bridgehead atoms. The molecule has 0 N–H and O–H groups in total. The Hall–Kier alpha value is -8.67. The first-order valence-electron chi connectivity index (χ1n) is 29.4. The Kier molecular flexibility index (Phi) is 11.7. The highest BCUT2D eigenvalue weighted by Crippen LogP contribution is 2.65. The second-order valence-corrected chi connectivity index (χ2v) is 24.4. The maximum Gasteiger partial charge on any atom is 0.137 e. The predicted molar refractivity (Wildman–Crippen MR) is 336 cm³/mol. The minimum Gasteiger partial charge on any atom is -0.457 e. The number of hydrogen-bond donors (Lipinski definition) is 0. The Morgan fingerprint density at radius 1 is 0.457 bits per heavy atom. The molecule has 1 aliphatic heterocycles. The number of rotatable bonds is 10. The van der Waals surface area contributed by atoms with E-state index in [1.54, 1.807) is 0 Å². The number of nitrogens with zero attached hydrogens (tertiary/aromatic N) is 4. The topological polar surface area (TPSA) is 33.5 Å². The van der Waals surface area contributed by atoms with Gasteiger partial charge in [-0.3, -0.25) is 4.57 Å². The summed E-state index contributed by atoms with van der Waals surface area (Å²) < 4.78 is 9.71. The van der Waals surface area contributed by atoms with E-state index in [9.17, 15) is 0 Å². The van der Waals surface area contributed by atoms with Crippen LogP contribution in [0.2, 0.25) is 0 Å². The molecule has 0 atom stereocenters. The number of fused-ring (bicyclic) bond motifs is 4. The third-order valence-electron chi connectivity index (χ3n) is 19.6. The number of pyridine rings is 1. The molecule has 5 heteroatoms. The average molecular weight is 1050 g/mol. The van der Waals surface area contributed by atoms with Crippen molar-refractivity contribution in [3.05, 3.63) is 251 Å². The van der Waals surface area contributed by atoms with Crippen LogP contribution >= 0.6 is 0 Å². The first-order valence-corrected chi connectivity index (χ1v) is 29.4. The lowest BCUT2D eigenvalue weighted by atomic mass is 9.42. The fraction of sp³-hybridized carbons (Fsp3) is 0.224. The molecule has 81 heavy (non-hydrogen) atoms. The molecule has 4 fully saturated rings. The quantitative estimate of drug-likeness (QED) is 0.137. The maximum absolute atomic E-state index is 7.31. The van der Waals surface area contributed by atoms with Gasteiger partial charge in [0.15, 0.2) is 0 Å². The molecule has 0 saturated heterocycles. The number of anilines is 4. The van der Waals surface area contributed by atoms with Gasteiger partial charge in [0.05, 0.1) is 28.1 Å². The van der Waals surface area contributed by atoms with Crippen molar-refractivity contribution in [3.63, 3.8) is 0 Å². The van der Waals surface area contributed by atoms with Crippen LogP contribution in [-0.2, 0) is 5.41 Å². The standard InChI is InChI=1S/C76H68N4O/c1-47-32-50(4)74(51(5)33-47)57-41-62(78-46-79(71-27-16-15-26-70(71)78)75-65(55-18-9-7-10-19-55)23-17-24-66(75)56-20-11-8-12-21-56)44-64(42-57)81-63-28-29-68-67-22-13-14-25-69(67)80(72(68)45-63)73-43-58(30-31-77-73)76(59-34-48(2)52(6)49(3)35-59)60-37-53-36-54(39-60)40-61(76)38-53/h7-35,41-45,53-54,60-61H,36-40,46H2,1-6H3. The lowest BCUT2D eigenvalue weighted by Gasteiger charge is -2.62. The number of hydrogen-bond acceptors (Lipinski definition) is 4. The molecule has 0 radical (unpaired) electrons. The lowest BCUT2D eigenvalue weighted by Crippen LogP contribution is -2.56. The zero-order chi connectivity index (χ0) is 54.7. The molecule has 0 amide bonds. The van der Waals surface area contributed by atoms with E-state index in [2.05, 4.69) is 262 Å². The van der Waals surface area contributed by atoms with Crippen LogP contribution in [0, 0.1) is 65.2 Å². The normalized spacial score (nSPS) is 19.9. The molecule has 5 nitrogen and oxygen atoms in total. The summed E-state index contributed by atoms with van der Waals surface area (Å²) in [5, 5.41) is 2.38. The van der Waals surface area contributed by atoms with E-state index in [1.165, 1.54) is 121 Å². The fourth-order valence-electron chi connectivity index (χ4n) is 16.2. The van der Waals surface area contributed by atoms with Gasteiger partial charge in [-0.25, -0.2) is 4.98 Å². The van der Waals surface area contributed by atoms with Gasteiger partial charge in [0.25, 0.3) is 0 Å². The number of aryl methyl sites for hydroxylation is 5. The van der Waals surface area contributed by atoms with Crippen molar-refractivity contribution < 1.29 is 4.74 Å². The van der Waals surface area contributed by atoms with E-state index in [0.29, 0.717) is 18.5 Å². The van der Waals surface area contributed by atoms with Crippen molar-refractivity contribution in [3.8, 4) is 50.7 Å². The van der Waals surface area contributed by atoms with Gasteiger partial charge in [-0.1, -0.05) is 139 Å². The number of benzene rings is 9. The van der Waals surface area contributed by atoms with Gasteiger partial charge < -0.3 is 14.5 Å². The van der Waals surface area contributed by atoms with Gasteiger partial charge in [0.1, 0.15) is 24.0 Å². The molecule has 9 aromatic carbocycles. The second-order valence-electron chi connectivity index (χ2n) is 24.4. The molecule has 5 aliphatic rings. The maximum atomic E-state index is 7.31. The minimum atomic E-state index is -0.0550. The van der Waals surface area contributed by atoms with Crippen molar-refractivity contribution in [2.45, 2.75) is 79.1 Å². The summed E-state index contributed by atoms with van der Waals surface area (Å²) in [6, 6.07) is 74.2. The van der Waals surface area contributed by atoms with Gasteiger partial charge in [-0.15, -0.1) is 0 Å². The Morgan fingerprint density at radius 3 is 1.73 bits per heavy atom. The van der Waals surface area contributed by atoms with Gasteiger partial charge in [0.2, 0.25) is 0 Å². The Balaban J connectivity index is 0.866. The highest BCUT2D eigenvalue weighted by atomic mass is 16.5. The van der Waals surface area contributed by atoms with Crippen LogP contribution in [0.15, 0.2) is 206 Å². The number of para-hydroxylation sites is 4. The zero-order valence-electron chi connectivity index (χ0n) is 47.4. The smallest absolute Gasteiger partial charge is 0.137 e. The van der Waals surface area contributed by atoms with Crippen LogP contribution in [0.4, 0.5) is 22.7 Å². The van der Waals surface area contributed by atoms with Gasteiger partial charge in [0, 0.05) is 51.3 Å². The molecule has 0 spiro atoms. The van der Waals surface area contributed by atoms with Gasteiger partial charge >= 0.3 is 0 Å². The third-order valence-corrected chi connectivity index (χ3v) is 19.6. The van der Waals surface area contributed by atoms with Crippen LogP contribution in [0.25, 0.3) is 61.0 Å². The van der Waals surface area contributed by atoms with Crippen molar-refractivity contribution in [1.29, 1.82) is 0 Å². The summed E-state index contributed by atoms with van der Waals surface area (Å²) in [6.45, 7) is 14.2. The SMILES string of the molecule is Cc1cc(C)c(-c2cc(Oc3ccc4c5ccccc5n(-c5cc(C6(c7cc(C)c(C)c(C)c7)C7CC8CC(C7)CC6C8)ccn5)c4c3)cc(N3CN(c4c(-c5ccccc5)cccc4-c4ccccc4)c4ccccc43)c2)c(C)c1. The molecule has 0 unspecified atom stereocenters.